The zero-order valence-corrected chi connectivity index (χ0v) is 11.5. The second-order valence-electron chi connectivity index (χ2n) is 4.76. The molecule has 0 fully saturated rings. The van der Waals surface area contributed by atoms with Crippen LogP contribution in [0.3, 0.4) is 0 Å². The Bertz CT molecular complexity index is 307. The molecule has 0 aliphatic heterocycles. The normalized spacial score (nSPS) is 14.6. The van der Waals surface area contributed by atoms with Gasteiger partial charge in [-0.1, -0.05) is 43.7 Å². The first-order valence-corrected chi connectivity index (χ1v) is 6.45. The molecule has 0 bridgehead atoms. The summed E-state index contributed by atoms with van der Waals surface area (Å²) >= 11 is 0. The highest BCUT2D eigenvalue weighted by Crippen LogP contribution is 2.24. The number of methoxy groups -OCH3 is 1. The lowest BCUT2D eigenvalue weighted by atomic mass is 9.87. The maximum Gasteiger partial charge on any atom is 0.0494 e. The minimum atomic E-state index is 0.524. The number of hydrogen-bond donors (Lipinski definition) is 1. The third-order valence-corrected chi connectivity index (χ3v) is 3.24. The van der Waals surface area contributed by atoms with Crippen LogP contribution >= 0.6 is 0 Å². The van der Waals surface area contributed by atoms with E-state index in [2.05, 4.69) is 50.4 Å². The van der Waals surface area contributed by atoms with E-state index in [-0.39, 0.29) is 0 Å². The number of nitrogens with one attached hydrogen (secondary N) is 1. The minimum absolute atomic E-state index is 0.524. The van der Waals surface area contributed by atoms with E-state index < -0.39 is 0 Å². The van der Waals surface area contributed by atoms with Gasteiger partial charge < -0.3 is 10.1 Å². The summed E-state index contributed by atoms with van der Waals surface area (Å²) in [7, 11) is 1.77. The smallest absolute Gasteiger partial charge is 0.0494 e. The molecule has 1 rings (SSSR count). The first-order valence-electron chi connectivity index (χ1n) is 6.45. The maximum absolute atomic E-state index is 5.28. The van der Waals surface area contributed by atoms with Gasteiger partial charge in [-0.05, 0) is 24.9 Å². The second kappa shape index (κ2) is 7.46. The first kappa shape index (κ1) is 14.2. The summed E-state index contributed by atoms with van der Waals surface area (Å²) in [5.74, 6) is 1.05. The van der Waals surface area contributed by atoms with E-state index in [1.165, 1.54) is 11.1 Å². The highest BCUT2D eigenvalue weighted by Gasteiger charge is 2.18. The summed E-state index contributed by atoms with van der Waals surface area (Å²) in [6.07, 6.45) is 0. The number of likely N-dealkylation sites (N-methyl/N-ethyl adjacent to an activating group) is 1. The molecular weight excluding hydrogens is 210 g/mol. The van der Waals surface area contributed by atoms with Crippen molar-refractivity contribution in [2.45, 2.75) is 26.7 Å². The zero-order valence-electron chi connectivity index (χ0n) is 11.5. The van der Waals surface area contributed by atoms with Crippen molar-refractivity contribution in [2.75, 3.05) is 26.8 Å². The van der Waals surface area contributed by atoms with Gasteiger partial charge in [0.25, 0.3) is 0 Å². The Labute approximate surface area is 105 Å². The molecule has 17 heavy (non-hydrogen) atoms. The van der Waals surface area contributed by atoms with E-state index in [1.807, 2.05) is 0 Å². The summed E-state index contributed by atoms with van der Waals surface area (Å²) in [5, 5.41) is 3.45. The molecule has 1 aromatic carbocycles. The van der Waals surface area contributed by atoms with Crippen LogP contribution in [-0.4, -0.2) is 26.8 Å². The Morgan fingerprint density at radius 3 is 2.41 bits per heavy atom. The second-order valence-corrected chi connectivity index (χ2v) is 4.76. The molecule has 2 nitrogen and oxygen atoms in total. The standard InChI is InChI=1S/C15H25NO/c1-5-16-10-15(13(3)11-17-4)14-8-6-12(2)7-9-14/h6-9,13,15-16H,5,10-11H2,1-4H3. The molecule has 2 unspecified atom stereocenters. The van der Waals surface area contributed by atoms with E-state index in [1.54, 1.807) is 7.11 Å². The molecule has 0 radical (unpaired) electrons. The number of ether oxygens (including phenoxy) is 1. The highest BCUT2D eigenvalue weighted by molar-refractivity contribution is 5.25. The minimum Gasteiger partial charge on any atom is -0.384 e. The predicted molar refractivity (Wildman–Crippen MR) is 73.5 cm³/mol. The summed E-state index contributed by atoms with van der Waals surface area (Å²) in [6, 6.07) is 8.86. The molecule has 1 aromatic rings. The number of rotatable bonds is 7. The molecule has 1 N–H and O–H groups in total. The van der Waals surface area contributed by atoms with Crippen LogP contribution in [0.4, 0.5) is 0 Å². The van der Waals surface area contributed by atoms with Gasteiger partial charge in [0.1, 0.15) is 0 Å². The van der Waals surface area contributed by atoms with Crippen LogP contribution in [0.1, 0.15) is 30.9 Å². The van der Waals surface area contributed by atoms with Crippen LogP contribution in [0.25, 0.3) is 0 Å². The van der Waals surface area contributed by atoms with Crippen molar-refractivity contribution in [3.63, 3.8) is 0 Å². The van der Waals surface area contributed by atoms with Gasteiger partial charge in [-0.3, -0.25) is 0 Å². The number of benzene rings is 1. The molecule has 0 saturated carbocycles. The lowest BCUT2D eigenvalue weighted by Crippen LogP contribution is -2.27. The fourth-order valence-electron chi connectivity index (χ4n) is 2.14. The van der Waals surface area contributed by atoms with Crippen molar-refractivity contribution in [1.82, 2.24) is 5.32 Å². The predicted octanol–water partition coefficient (Wildman–Crippen LogP) is 2.97. The van der Waals surface area contributed by atoms with Gasteiger partial charge in [0.15, 0.2) is 0 Å². The molecule has 0 saturated heterocycles. The van der Waals surface area contributed by atoms with Gasteiger partial charge in [0.05, 0.1) is 0 Å². The highest BCUT2D eigenvalue weighted by atomic mass is 16.5. The molecule has 0 aliphatic rings. The molecule has 2 heteroatoms. The first-order chi connectivity index (χ1) is 8.19. The summed E-state index contributed by atoms with van der Waals surface area (Å²) < 4.78 is 5.28. The molecule has 0 heterocycles. The van der Waals surface area contributed by atoms with Crippen LogP contribution < -0.4 is 5.32 Å². The van der Waals surface area contributed by atoms with E-state index >= 15 is 0 Å². The topological polar surface area (TPSA) is 21.3 Å². The van der Waals surface area contributed by atoms with E-state index in [0.29, 0.717) is 11.8 Å². The molecule has 0 aliphatic carbocycles. The van der Waals surface area contributed by atoms with Gasteiger partial charge in [0, 0.05) is 26.2 Å². The van der Waals surface area contributed by atoms with Gasteiger partial charge in [-0.25, -0.2) is 0 Å². The van der Waals surface area contributed by atoms with Crippen LogP contribution in [0.5, 0.6) is 0 Å². The lowest BCUT2D eigenvalue weighted by Gasteiger charge is -2.24. The molecule has 0 spiro atoms. The van der Waals surface area contributed by atoms with Crippen molar-refractivity contribution in [3.8, 4) is 0 Å². The van der Waals surface area contributed by atoms with Crippen molar-refractivity contribution in [3.05, 3.63) is 35.4 Å². The van der Waals surface area contributed by atoms with Crippen molar-refractivity contribution < 1.29 is 4.74 Å². The summed E-state index contributed by atoms with van der Waals surface area (Å²) in [5.41, 5.74) is 2.72. The average molecular weight is 235 g/mol. The monoisotopic (exact) mass is 235 g/mol. The lowest BCUT2D eigenvalue weighted by molar-refractivity contribution is 0.146. The van der Waals surface area contributed by atoms with Crippen molar-refractivity contribution >= 4 is 0 Å². The SMILES string of the molecule is CCNCC(c1ccc(C)cc1)C(C)COC. The fourth-order valence-corrected chi connectivity index (χ4v) is 2.14. The van der Waals surface area contributed by atoms with Gasteiger partial charge in [0.2, 0.25) is 0 Å². The largest absolute Gasteiger partial charge is 0.384 e. The zero-order chi connectivity index (χ0) is 12.7. The summed E-state index contributed by atoms with van der Waals surface area (Å²) in [4.78, 5) is 0. The Hall–Kier alpha value is -0.860. The van der Waals surface area contributed by atoms with Crippen LogP contribution in [-0.2, 0) is 4.74 Å². The van der Waals surface area contributed by atoms with Crippen molar-refractivity contribution in [1.29, 1.82) is 0 Å². The maximum atomic E-state index is 5.28. The average Bonchev–Trinajstić information content (AvgIpc) is 2.32. The fraction of sp³-hybridized carbons (Fsp3) is 0.600. The Morgan fingerprint density at radius 2 is 1.88 bits per heavy atom. The van der Waals surface area contributed by atoms with E-state index in [9.17, 15) is 0 Å². The third-order valence-electron chi connectivity index (χ3n) is 3.24. The Balaban J connectivity index is 2.77. The van der Waals surface area contributed by atoms with Crippen LogP contribution in [0, 0.1) is 12.8 Å². The quantitative estimate of drug-likeness (QED) is 0.784. The van der Waals surface area contributed by atoms with Gasteiger partial charge in [-0.2, -0.15) is 0 Å². The number of aryl methyl sites for hydroxylation is 1. The molecule has 0 amide bonds. The van der Waals surface area contributed by atoms with Crippen LogP contribution in [0.15, 0.2) is 24.3 Å². The Morgan fingerprint density at radius 1 is 1.24 bits per heavy atom. The van der Waals surface area contributed by atoms with E-state index in [4.69, 9.17) is 4.74 Å². The van der Waals surface area contributed by atoms with Crippen LogP contribution in [0.2, 0.25) is 0 Å². The molecule has 96 valence electrons. The molecular formula is C15H25NO. The molecule has 2 atom stereocenters. The van der Waals surface area contributed by atoms with Crippen molar-refractivity contribution in [2.24, 2.45) is 5.92 Å². The van der Waals surface area contributed by atoms with Gasteiger partial charge >= 0.3 is 0 Å². The number of hydrogen-bond acceptors (Lipinski definition) is 2. The Kier molecular flexibility index (Phi) is 6.23. The van der Waals surface area contributed by atoms with E-state index in [0.717, 1.165) is 19.7 Å². The van der Waals surface area contributed by atoms with Gasteiger partial charge in [-0.15, -0.1) is 0 Å². The third kappa shape index (κ3) is 4.49. The summed E-state index contributed by atoms with van der Waals surface area (Å²) in [6.45, 7) is 9.37. The molecule has 0 aromatic heterocycles.